The Kier molecular flexibility index (Phi) is 4.26. The Hall–Kier alpha value is -1.58. The molecule has 0 amide bonds. The predicted molar refractivity (Wildman–Crippen MR) is 58.4 cm³/mol. The van der Waals surface area contributed by atoms with Crippen molar-refractivity contribution in [3.05, 3.63) is 18.1 Å². The van der Waals surface area contributed by atoms with Crippen molar-refractivity contribution < 1.29 is 31.1 Å². The number of rotatable bonds is 5. The van der Waals surface area contributed by atoms with Gasteiger partial charge in [0.05, 0.1) is 11.9 Å². The van der Waals surface area contributed by atoms with Crippen LogP contribution in [0.2, 0.25) is 0 Å². The van der Waals surface area contributed by atoms with Crippen molar-refractivity contribution in [3.63, 3.8) is 0 Å². The summed E-state index contributed by atoms with van der Waals surface area (Å²) in [4.78, 5) is 7.13. The molecule has 1 aliphatic rings. The third kappa shape index (κ3) is 4.73. The third-order valence-corrected chi connectivity index (χ3v) is 2.64. The predicted octanol–water partition coefficient (Wildman–Crippen LogP) is 2.60. The summed E-state index contributed by atoms with van der Waals surface area (Å²) in [6, 6.07) is 0.314. The van der Waals surface area contributed by atoms with Crippen LogP contribution >= 0.6 is 0 Å². The smallest absolute Gasteiger partial charge is 0.434 e. The quantitative estimate of drug-likeness (QED) is 0.849. The van der Waals surface area contributed by atoms with Gasteiger partial charge in [-0.05, 0) is 12.8 Å². The first-order chi connectivity index (χ1) is 9.66. The van der Waals surface area contributed by atoms with E-state index in [1.54, 1.807) is 0 Å². The fourth-order valence-corrected chi connectivity index (χ4v) is 1.50. The topological polar surface area (TPSA) is 47.0 Å². The van der Waals surface area contributed by atoms with Crippen LogP contribution in [0, 0.1) is 0 Å². The molecular formula is C11H11F6N3O. The van der Waals surface area contributed by atoms with E-state index in [4.69, 9.17) is 0 Å². The van der Waals surface area contributed by atoms with Gasteiger partial charge in [-0.2, -0.15) is 26.3 Å². The second kappa shape index (κ2) is 5.66. The van der Waals surface area contributed by atoms with E-state index < -0.39 is 24.3 Å². The lowest BCUT2D eigenvalue weighted by Crippen LogP contribution is -2.46. The molecule has 1 fully saturated rings. The van der Waals surface area contributed by atoms with Gasteiger partial charge in [-0.15, -0.1) is 0 Å². The Morgan fingerprint density at radius 1 is 1.14 bits per heavy atom. The first kappa shape index (κ1) is 15.8. The van der Waals surface area contributed by atoms with Crippen LogP contribution in [0.5, 0.6) is 5.88 Å². The molecule has 1 aromatic rings. The zero-order valence-corrected chi connectivity index (χ0v) is 10.5. The molecule has 1 aromatic heterocycles. The minimum absolute atomic E-state index is 0.206. The summed E-state index contributed by atoms with van der Waals surface area (Å²) in [5.74, 6) is -0.815. The summed E-state index contributed by atoms with van der Waals surface area (Å²) in [6.07, 6.45) is -11.2. The van der Waals surface area contributed by atoms with Crippen LogP contribution in [-0.4, -0.2) is 34.5 Å². The normalized spacial score (nSPS) is 16.3. The first-order valence-corrected chi connectivity index (χ1v) is 6.00. The Morgan fingerprint density at radius 2 is 1.76 bits per heavy atom. The van der Waals surface area contributed by atoms with Crippen LogP contribution in [0.1, 0.15) is 18.5 Å². The van der Waals surface area contributed by atoms with E-state index >= 15 is 0 Å². The van der Waals surface area contributed by atoms with Gasteiger partial charge in [0.25, 0.3) is 6.10 Å². The lowest BCUT2D eigenvalue weighted by Gasteiger charge is -2.23. The fourth-order valence-electron chi connectivity index (χ4n) is 1.50. The minimum Gasteiger partial charge on any atom is -0.454 e. The van der Waals surface area contributed by atoms with Gasteiger partial charge in [-0.3, -0.25) is 4.98 Å². The molecule has 0 aliphatic heterocycles. The molecule has 118 valence electrons. The molecule has 0 unspecified atom stereocenters. The third-order valence-electron chi connectivity index (χ3n) is 2.64. The summed E-state index contributed by atoms with van der Waals surface area (Å²) < 4.78 is 78.1. The summed E-state index contributed by atoms with van der Waals surface area (Å²) in [6.45, 7) is 0.206. The van der Waals surface area contributed by atoms with Gasteiger partial charge >= 0.3 is 12.4 Å². The molecule has 0 aromatic carbocycles. The molecule has 0 spiro atoms. The van der Waals surface area contributed by atoms with Crippen LogP contribution in [0.15, 0.2) is 12.4 Å². The van der Waals surface area contributed by atoms with E-state index in [0.29, 0.717) is 12.2 Å². The lowest BCUT2D eigenvalue weighted by atomic mass is 10.3. The number of hydrogen-bond donors (Lipinski definition) is 1. The molecule has 0 bridgehead atoms. The molecule has 1 saturated carbocycles. The van der Waals surface area contributed by atoms with Crippen LogP contribution in [0.4, 0.5) is 26.3 Å². The van der Waals surface area contributed by atoms with Crippen molar-refractivity contribution in [2.75, 3.05) is 0 Å². The van der Waals surface area contributed by atoms with Gasteiger partial charge in [-0.25, -0.2) is 4.98 Å². The number of alkyl halides is 6. The summed E-state index contributed by atoms with van der Waals surface area (Å²) in [7, 11) is 0. The summed E-state index contributed by atoms with van der Waals surface area (Å²) in [5.41, 5.74) is 0.211. The molecule has 1 aliphatic carbocycles. The van der Waals surface area contributed by atoms with Gasteiger partial charge in [0, 0.05) is 18.8 Å². The van der Waals surface area contributed by atoms with Crippen LogP contribution < -0.4 is 10.1 Å². The molecule has 1 heterocycles. The highest BCUT2D eigenvalue weighted by atomic mass is 19.4. The van der Waals surface area contributed by atoms with Crippen molar-refractivity contribution in [1.82, 2.24) is 15.3 Å². The average Bonchev–Trinajstić information content (AvgIpc) is 3.15. The van der Waals surface area contributed by atoms with Crippen molar-refractivity contribution in [2.24, 2.45) is 0 Å². The fraction of sp³-hybridized carbons (Fsp3) is 0.636. The molecule has 4 nitrogen and oxygen atoms in total. The largest absolute Gasteiger partial charge is 0.454 e. The second-order valence-corrected chi connectivity index (χ2v) is 4.58. The van der Waals surface area contributed by atoms with E-state index in [1.807, 2.05) is 0 Å². The number of hydrogen-bond acceptors (Lipinski definition) is 4. The van der Waals surface area contributed by atoms with Gasteiger partial charge < -0.3 is 10.1 Å². The van der Waals surface area contributed by atoms with E-state index in [2.05, 4.69) is 20.0 Å². The van der Waals surface area contributed by atoms with Crippen molar-refractivity contribution >= 4 is 0 Å². The lowest BCUT2D eigenvalue weighted by molar-refractivity contribution is -0.300. The number of aromatic nitrogens is 2. The number of ether oxygens (including phenoxy) is 1. The molecule has 1 N–H and O–H groups in total. The molecule has 10 heteroatoms. The molecule has 2 rings (SSSR count). The second-order valence-electron chi connectivity index (χ2n) is 4.58. The van der Waals surface area contributed by atoms with Crippen molar-refractivity contribution in [2.45, 2.75) is 43.9 Å². The minimum atomic E-state index is -5.58. The zero-order chi connectivity index (χ0) is 15.7. The van der Waals surface area contributed by atoms with E-state index in [0.717, 1.165) is 12.8 Å². The highest BCUT2D eigenvalue weighted by Crippen LogP contribution is 2.35. The van der Waals surface area contributed by atoms with Gasteiger partial charge in [0.1, 0.15) is 0 Å². The van der Waals surface area contributed by atoms with Crippen molar-refractivity contribution in [3.8, 4) is 5.88 Å². The molecule has 0 atom stereocenters. The van der Waals surface area contributed by atoms with Crippen LogP contribution in [0.3, 0.4) is 0 Å². The number of nitrogens with zero attached hydrogens (tertiary/aromatic N) is 2. The Labute approximate surface area is 115 Å². The van der Waals surface area contributed by atoms with Crippen molar-refractivity contribution in [1.29, 1.82) is 0 Å². The highest BCUT2D eigenvalue weighted by molar-refractivity contribution is 5.10. The Bertz CT molecular complexity index is 472. The number of nitrogens with one attached hydrogen (secondary N) is 1. The molecule has 21 heavy (non-hydrogen) atoms. The molecular weight excluding hydrogens is 304 g/mol. The molecule has 0 radical (unpaired) electrons. The monoisotopic (exact) mass is 315 g/mol. The maximum Gasteiger partial charge on any atom is 0.434 e. The average molecular weight is 315 g/mol. The van der Waals surface area contributed by atoms with E-state index in [1.165, 1.54) is 6.20 Å². The van der Waals surface area contributed by atoms with Gasteiger partial charge in [-0.1, -0.05) is 0 Å². The van der Waals surface area contributed by atoms with Crippen LogP contribution in [0.25, 0.3) is 0 Å². The number of halogens is 6. The van der Waals surface area contributed by atoms with E-state index in [-0.39, 0.29) is 12.2 Å². The SMILES string of the molecule is FC(F)(F)C(Oc1cncc(CNC2CC2)n1)C(F)(F)F. The summed E-state index contributed by atoms with van der Waals surface area (Å²) in [5, 5.41) is 3.01. The Morgan fingerprint density at radius 3 is 2.29 bits per heavy atom. The zero-order valence-electron chi connectivity index (χ0n) is 10.5. The van der Waals surface area contributed by atoms with Gasteiger partial charge in [0.15, 0.2) is 0 Å². The first-order valence-electron chi connectivity index (χ1n) is 6.00. The molecule has 0 saturated heterocycles. The Balaban J connectivity index is 2.07. The standard InChI is InChI=1S/C11H11F6N3O/c12-10(13,14)9(11(15,16)17)21-8-5-18-3-7(20-8)4-19-6-1-2-6/h3,5-6,9,19H,1-2,4H2. The van der Waals surface area contributed by atoms with Crippen LogP contribution in [-0.2, 0) is 6.54 Å². The maximum atomic E-state index is 12.4. The van der Waals surface area contributed by atoms with E-state index in [9.17, 15) is 26.3 Å². The maximum absolute atomic E-state index is 12.4. The summed E-state index contributed by atoms with van der Waals surface area (Å²) >= 11 is 0. The highest BCUT2D eigenvalue weighted by Gasteiger charge is 2.59. The van der Waals surface area contributed by atoms with Gasteiger partial charge in [0.2, 0.25) is 5.88 Å².